The highest BCUT2D eigenvalue weighted by atomic mass is 32.1. The van der Waals surface area contributed by atoms with E-state index in [1.165, 1.54) is 0 Å². The number of aromatic nitrogens is 4. The second-order valence-corrected chi connectivity index (χ2v) is 4.54. The lowest BCUT2D eigenvalue weighted by atomic mass is 10.3. The normalized spacial score (nSPS) is 10.9. The molecule has 0 amide bonds. The Kier molecular flexibility index (Phi) is 2.29. The van der Waals surface area contributed by atoms with Crippen molar-refractivity contribution in [2.24, 2.45) is 7.05 Å². The van der Waals surface area contributed by atoms with E-state index >= 15 is 0 Å². The minimum absolute atomic E-state index is 0.650. The van der Waals surface area contributed by atoms with Gasteiger partial charge in [-0.15, -0.1) is 11.3 Å². The summed E-state index contributed by atoms with van der Waals surface area (Å²) in [4.78, 5) is 14.3. The lowest BCUT2D eigenvalue weighted by Gasteiger charge is -2.05. The van der Waals surface area contributed by atoms with Crippen molar-refractivity contribution in [3.8, 4) is 11.6 Å². The van der Waals surface area contributed by atoms with Gasteiger partial charge in [0.05, 0.1) is 5.39 Å². The first kappa shape index (κ1) is 10.2. The molecule has 0 saturated heterocycles. The maximum Gasteiger partial charge on any atom is 0.199 e. The molecule has 3 heterocycles. The Morgan fingerprint density at radius 1 is 1.35 bits per heavy atom. The molecule has 5 nitrogen and oxygen atoms in total. The monoisotopic (exact) mass is 245 g/mol. The molecule has 3 rings (SSSR count). The molecule has 1 N–H and O–H groups in total. The molecular formula is C11H11N5S. The Morgan fingerprint density at radius 2 is 2.24 bits per heavy atom. The largest absolute Gasteiger partial charge is 0.372 e. The van der Waals surface area contributed by atoms with Crippen LogP contribution in [-0.2, 0) is 7.05 Å². The Morgan fingerprint density at radius 3 is 2.94 bits per heavy atom. The van der Waals surface area contributed by atoms with Crippen molar-refractivity contribution in [3.63, 3.8) is 0 Å². The summed E-state index contributed by atoms with van der Waals surface area (Å²) < 4.78 is 1.91. The third-order valence-corrected chi connectivity index (χ3v) is 3.39. The van der Waals surface area contributed by atoms with E-state index < -0.39 is 0 Å². The summed E-state index contributed by atoms with van der Waals surface area (Å²) in [5.41, 5.74) is 0. The number of thiophene rings is 1. The van der Waals surface area contributed by atoms with Crippen LogP contribution < -0.4 is 5.32 Å². The Balaban J connectivity index is 2.27. The summed E-state index contributed by atoms with van der Waals surface area (Å²) in [7, 11) is 3.80. The molecule has 6 heteroatoms. The van der Waals surface area contributed by atoms with Gasteiger partial charge in [0.15, 0.2) is 11.6 Å². The van der Waals surface area contributed by atoms with Crippen molar-refractivity contribution in [1.29, 1.82) is 0 Å². The highest BCUT2D eigenvalue weighted by Gasteiger charge is 2.12. The fourth-order valence-electron chi connectivity index (χ4n) is 1.73. The van der Waals surface area contributed by atoms with Gasteiger partial charge in [-0.1, -0.05) is 0 Å². The fourth-order valence-corrected chi connectivity index (χ4v) is 2.49. The number of anilines is 1. The molecule has 0 aliphatic carbocycles. The number of aryl methyl sites for hydroxylation is 1. The number of rotatable bonds is 2. The molecular weight excluding hydrogens is 234 g/mol. The van der Waals surface area contributed by atoms with E-state index in [9.17, 15) is 0 Å². The molecule has 17 heavy (non-hydrogen) atoms. The number of hydrogen-bond donors (Lipinski definition) is 1. The van der Waals surface area contributed by atoms with Gasteiger partial charge >= 0.3 is 0 Å². The van der Waals surface area contributed by atoms with Crippen molar-refractivity contribution in [2.75, 3.05) is 12.4 Å². The first-order valence-electron chi connectivity index (χ1n) is 5.20. The Labute approximate surface area is 102 Å². The van der Waals surface area contributed by atoms with Crippen LogP contribution in [0.5, 0.6) is 0 Å². The van der Waals surface area contributed by atoms with Gasteiger partial charge in [-0.3, -0.25) is 0 Å². The highest BCUT2D eigenvalue weighted by Crippen LogP contribution is 2.27. The van der Waals surface area contributed by atoms with Crippen LogP contribution in [0.15, 0.2) is 23.8 Å². The van der Waals surface area contributed by atoms with Crippen LogP contribution in [-0.4, -0.2) is 26.6 Å². The summed E-state index contributed by atoms with van der Waals surface area (Å²) in [5.74, 6) is 2.27. The number of imidazole rings is 1. The maximum atomic E-state index is 4.53. The van der Waals surface area contributed by atoms with Crippen LogP contribution in [0, 0.1) is 0 Å². The second-order valence-electron chi connectivity index (χ2n) is 3.65. The SMILES string of the molecule is CNc1nc(-c2nccn2C)nc2sccc12. The van der Waals surface area contributed by atoms with Gasteiger partial charge in [0.2, 0.25) is 0 Å². The molecule has 0 aliphatic heterocycles. The summed E-state index contributed by atoms with van der Waals surface area (Å²) >= 11 is 1.61. The minimum atomic E-state index is 0.650. The predicted molar refractivity (Wildman–Crippen MR) is 69.2 cm³/mol. The van der Waals surface area contributed by atoms with E-state index in [1.54, 1.807) is 17.5 Å². The Bertz CT molecular complexity index is 669. The molecule has 3 aromatic heterocycles. The number of nitrogens with zero attached hydrogens (tertiary/aromatic N) is 4. The lowest BCUT2D eigenvalue weighted by Crippen LogP contribution is -2.00. The molecule has 0 spiro atoms. The molecule has 3 aromatic rings. The topological polar surface area (TPSA) is 55.6 Å². The minimum Gasteiger partial charge on any atom is -0.372 e. The molecule has 0 saturated carbocycles. The molecule has 0 fully saturated rings. The number of nitrogens with one attached hydrogen (secondary N) is 1. The zero-order valence-corrected chi connectivity index (χ0v) is 10.3. The third-order valence-electron chi connectivity index (χ3n) is 2.58. The second kappa shape index (κ2) is 3.81. The van der Waals surface area contributed by atoms with Crippen molar-refractivity contribution in [3.05, 3.63) is 23.8 Å². The standard InChI is InChI=1S/C11H11N5S/c1-12-8-7-3-6-17-11(7)15-9(14-8)10-13-4-5-16(10)2/h3-6H,1-2H3,(H,12,14,15). The summed E-state index contributed by atoms with van der Waals surface area (Å²) in [6, 6.07) is 2.02. The van der Waals surface area contributed by atoms with Gasteiger partial charge < -0.3 is 9.88 Å². The smallest absolute Gasteiger partial charge is 0.199 e. The number of hydrogen-bond acceptors (Lipinski definition) is 5. The highest BCUT2D eigenvalue weighted by molar-refractivity contribution is 7.16. The molecule has 0 radical (unpaired) electrons. The van der Waals surface area contributed by atoms with Gasteiger partial charge in [-0.25, -0.2) is 15.0 Å². The van der Waals surface area contributed by atoms with Gasteiger partial charge in [-0.2, -0.15) is 0 Å². The summed E-state index contributed by atoms with van der Waals surface area (Å²) in [6.07, 6.45) is 3.63. The molecule has 0 atom stereocenters. The van der Waals surface area contributed by atoms with Gasteiger partial charge in [0.25, 0.3) is 0 Å². The first-order valence-corrected chi connectivity index (χ1v) is 6.08. The Hall–Kier alpha value is -1.95. The molecule has 0 unspecified atom stereocenters. The van der Waals surface area contributed by atoms with E-state index in [4.69, 9.17) is 0 Å². The molecule has 0 bridgehead atoms. The van der Waals surface area contributed by atoms with Crippen LogP contribution >= 0.6 is 11.3 Å². The molecule has 0 aromatic carbocycles. The maximum absolute atomic E-state index is 4.53. The summed E-state index contributed by atoms with van der Waals surface area (Å²) in [6.45, 7) is 0. The predicted octanol–water partition coefficient (Wildman–Crippen LogP) is 2.13. The zero-order valence-electron chi connectivity index (χ0n) is 9.51. The summed E-state index contributed by atoms with van der Waals surface area (Å²) in [5, 5.41) is 6.16. The first-order chi connectivity index (χ1) is 8.29. The van der Waals surface area contributed by atoms with Crippen LogP contribution in [0.3, 0.4) is 0 Å². The zero-order chi connectivity index (χ0) is 11.8. The van der Waals surface area contributed by atoms with Crippen molar-refractivity contribution >= 4 is 27.4 Å². The van der Waals surface area contributed by atoms with Gasteiger partial charge in [0.1, 0.15) is 10.6 Å². The third kappa shape index (κ3) is 1.57. The van der Waals surface area contributed by atoms with Gasteiger partial charge in [0, 0.05) is 26.5 Å². The van der Waals surface area contributed by atoms with Crippen molar-refractivity contribution in [1.82, 2.24) is 19.5 Å². The van der Waals surface area contributed by atoms with Crippen LogP contribution in [0.1, 0.15) is 0 Å². The van der Waals surface area contributed by atoms with E-state index in [0.29, 0.717) is 5.82 Å². The van der Waals surface area contributed by atoms with Gasteiger partial charge in [-0.05, 0) is 11.4 Å². The van der Waals surface area contributed by atoms with Crippen LogP contribution in [0.2, 0.25) is 0 Å². The molecule has 0 aliphatic rings. The van der Waals surface area contributed by atoms with E-state index in [0.717, 1.165) is 21.9 Å². The van der Waals surface area contributed by atoms with E-state index in [-0.39, 0.29) is 0 Å². The fraction of sp³-hybridized carbons (Fsp3) is 0.182. The van der Waals surface area contributed by atoms with E-state index in [2.05, 4.69) is 20.3 Å². The van der Waals surface area contributed by atoms with E-state index in [1.807, 2.05) is 36.3 Å². The van der Waals surface area contributed by atoms with Crippen molar-refractivity contribution in [2.45, 2.75) is 0 Å². The van der Waals surface area contributed by atoms with Crippen molar-refractivity contribution < 1.29 is 0 Å². The number of fused-ring (bicyclic) bond motifs is 1. The average molecular weight is 245 g/mol. The lowest BCUT2D eigenvalue weighted by molar-refractivity contribution is 0.910. The van der Waals surface area contributed by atoms with Crippen LogP contribution in [0.4, 0.5) is 5.82 Å². The quantitative estimate of drug-likeness (QED) is 0.751. The van der Waals surface area contributed by atoms with Crippen LogP contribution in [0.25, 0.3) is 21.9 Å². The molecule has 86 valence electrons. The average Bonchev–Trinajstić information content (AvgIpc) is 2.95.